The molecule has 1 aromatic rings. The van der Waals surface area contributed by atoms with Crippen molar-refractivity contribution in [2.24, 2.45) is 0 Å². The molecule has 2 rings (SSSR count). The number of rotatable bonds is 5. The van der Waals surface area contributed by atoms with Gasteiger partial charge in [-0.25, -0.2) is 8.78 Å². The van der Waals surface area contributed by atoms with Crippen LogP contribution in [0.25, 0.3) is 0 Å². The Morgan fingerprint density at radius 3 is 2.47 bits per heavy atom. The van der Waals surface area contributed by atoms with Gasteiger partial charge in [-0.05, 0) is 43.5 Å². The maximum Gasteiger partial charge on any atom is 0.126 e. The summed E-state index contributed by atoms with van der Waals surface area (Å²) in [6, 6.07) is 4.14. The normalized spacial score (nSPS) is 23.5. The van der Waals surface area contributed by atoms with Crippen LogP contribution in [0.15, 0.2) is 18.2 Å². The van der Waals surface area contributed by atoms with Gasteiger partial charge in [0.1, 0.15) is 11.6 Å². The van der Waals surface area contributed by atoms with Crippen LogP contribution in [0.2, 0.25) is 0 Å². The van der Waals surface area contributed by atoms with Crippen LogP contribution in [-0.4, -0.2) is 25.8 Å². The standard InChI is InChI=1S/C13H17F2NO/c1-17-13-7-12(8-13)16-3-2-9-4-10(14)6-11(15)5-9/h4-6,12-13,16H,2-3,7-8H2,1H3. The number of nitrogens with one attached hydrogen (secondary N) is 1. The third-order valence-electron chi connectivity index (χ3n) is 3.20. The summed E-state index contributed by atoms with van der Waals surface area (Å²) in [4.78, 5) is 0. The SMILES string of the molecule is COC1CC(NCCc2cc(F)cc(F)c2)C1. The first-order valence-corrected chi connectivity index (χ1v) is 5.88. The zero-order chi connectivity index (χ0) is 12.3. The topological polar surface area (TPSA) is 21.3 Å². The molecule has 17 heavy (non-hydrogen) atoms. The first-order valence-electron chi connectivity index (χ1n) is 5.88. The van der Waals surface area contributed by atoms with E-state index in [1.54, 1.807) is 7.11 Å². The molecule has 1 fully saturated rings. The quantitative estimate of drug-likeness (QED) is 0.854. The third-order valence-corrected chi connectivity index (χ3v) is 3.20. The van der Waals surface area contributed by atoms with E-state index in [0.717, 1.165) is 25.5 Å². The van der Waals surface area contributed by atoms with E-state index < -0.39 is 11.6 Å². The fourth-order valence-electron chi connectivity index (χ4n) is 2.10. The molecule has 2 nitrogen and oxygen atoms in total. The van der Waals surface area contributed by atoms with Crippen molar-refractivity contribution in [3.8, 4) is 0 Å². The lowest BCUT2D eigenvalue weighted by Gasteiger charge is -2.34. The van der Waals surface area contributed by atoms with Crippen molar-refractivity contribution in [3.63, 3.8) is 0 Å². The lowest BCUT2D eigenvalue weighted by molar-refractivity contribution is 0.0177. The molecule has 0 spiro atoms. The van der Waals surface area contributed by atoms with Crippen LogP contribution in [-0.2, 0) is 11.2 Å². The summed E-state index contributed by atoms with van der Waals surface area (Å²) in [7, 11) is 1.72. The third kappa shape index (κ3) is 3.48. The first kappa shape index (κ1) is 12.5. The molecule has 0 bridgehead atoms. The molecule has 0 heterocycles. The van der Waals surface area contributed by atoms with Crippen LogP contribution in [0.1, 0.15) is 18.4 Å². The molecule has 0 amide bonds. The molecule has 4 heteroatoms. The van der Waals surface area contributed by atoms with E-state index in [-0.39, 0.29) is 0 Å². The predicted octanol–water partition coefficient (Wildman–Crippen LogP) is 2.27. The number of ether oxygens (including phenoxy) is 1. The summed E-state index contributed by atoms with van der Waals surface area (Å²) in [6.45, 7) is 0.740. The van der Waals surface area contributed by atoms with Crippen molar-refractivity contribution in [1.29, 1.82) is 0 Å². The Hall–Kier alpha value is -1.00. The maximum absolute atomic E-state index is 12.9. The van der Waals surface area contributed by atoms with E-state index in [1.807, 2.05) is 0 Å². The van der Waals surface area contributed by atoms with E-state index in [2.05, 4.69) is 5.32 Å². The van der Waals surface area contributed by atoms with Gasteiger partial charge in [0.2, 0.25) is 0 Å². The Balaban J connectivity index is 1.71. The van der Waals surface area contributed by atoms with Crippen molar-refractivity contribution in [1.82, 2.24) is 5.32 Å². The summed E-state index contributed by atoms with van der Waals surface area (Å²) >= 11 is 0. The van der Waals surface area contributed by atoms with Gasteiger partial charge in [0.05, 0.1) is 6.10 Å². The highest BCUT2D eigenvalue weighted by Crippen LogP contribution is 2.22. The Morgan fingerprint density at radius 2 is 1.88 bits per heavy atom. The predicted molar refractivity (Wildman–Crippen MR) is 61.9 cm³/mol. The summed E-state index contributed by atoms with van der Waals surface area (Å²) < 4.78 is 31.0. The van der Waals surface area contributed by atoms with Crippen molar-refractivity contribution in [2.75, 3.05) is 13.7 Å². The highest BCUT2D eigenvalue weighted by molar-refractivity contribution is 5.18. The van der Waals surface area contributed by atoms with Gasteiger partial charge in [0.25, 0.3) is 0 Å². The van der Waals surface area contributed by atoms with Gasteiger partial charge in [-0.1, -0.05) is 0 Å². The second-order valence-electron chi connectivity index (χ2n) is 4.51. The second kappa shape index (κ2) is 5.56. The minimum Gasteiger partial charge on any atom is -0.381 e. The first-order chi connectivity index (χ1) is 8.17. The summed E-state index contributed by atoms with van der Waals surface area (Å²) in [5.41, 5.74) is 0.692. The molecule has 0 saturated heterocycles. The smallest absolute Gasteiger partial charge is 0.126 e. The number of methoxy groups -OCH3 is 1. The molecule has 0 unspecified atom stereocenters. The van der Waals surface area contributed by atoms with E-state index in [0.29, 0.717) is 24.1 Å². The van der Waals surface area contributed by atoms with Gasteiger partial charge in [-0.3, -0.25) is 0 Å². The van der Waals surface area contributed by atoms with Crippen LogP contribution < -0.4 is 5.32 Å². The molecular weight excluding hydrogens is 224 g/mol. The fraction of sp³-hybridized carbons (Fsp3) is 0.538. The van der Waals surface area contributed by atoms with Gasteiger partial charge >= 0.3 is 0 Å². The molecule has 1 saturated carbocycles. The summed E-state index contributed by atoms with van der Waals surface area (Å²) in [5, 5.41) is 3.35. The average Bonchev–Trinajstić information content (AvgIpc) is 2.20. The Kier molecular flexibility index (Phi) is 4.07. The Labute approximate surface area is 100.0 Å². The minimum atomic E-state index is -0.511. The van der Waals surface area contributed by atoms with Gasteiger partial charge in [0.15, 0.2) is 0 Å². The van der Waals surface area contributed by atoms with Gasteiger partial charge in [-0.15, -0.1) is 0 Å². The number of halogens is 2. The molecule has 0 aliphatic heterocycles. The maximum atomic E-state index is 12.9. The zero-order valence-corrected chi connectivity index (χ0v) is 9.88. The molecule has 1 aliphatic rings. The molecule has 0 atom stereocenters. The van der Waals surface area contributed by atoms with E-state index in [4.69, 9.17) is 4.74 Å². The molecule has 94 valence electrons. The lowest BCUT2D eigenvalue weighted by Crippen LogP contribution is -2.45. The van der Waals surface area contributed by atoms with Crippen LogP contribution in [0.3, 0.4) is 0 Å². The van der Waals surface area contributed by atoms with Crippen LogP contribution in [0, 0.1) is 11.6 Å². The highest BCUT2D eigenvalue weighted by Gasteiger charge is 2.27. The molecule has 1 aromatic carbocycles. The van der Waals surface area contributed by atoms with Gasteiger partial charge in [-0.2, -0.15) is 0 Å². The highest BCUT2D eigenvalue weighted by atomic mass is 19.1. The monoisotopic (exact) mass is 241 g/mol. The number of hydrogen-bond donors (Lipinski definition) is 1. The lowest BCUT2D eigenvalue weighted by atomic mass is 9.89. The van der Waals surface area contributed by atoms with Gasteiger partial charge in [0, 0.05) is 19.2 Å². The second-order valence-corrected chi connectivity index (χ2v) is 4.51. The minimum absolute atomic E-state index is 0.374. The summed E-state index contributed by atoms with van der Waals surface area (Å²) in [5.74, 6) is -1.02. The molecule has 1 aliphatic carbocycles. The Morgan fingerprint density at radius 1 is 1.24 bits per heavy atom. The average molecular weight is 241 g/mol. The summed E-state index contributed by atoms with van der Waals surface area (Å²) in [6.07, 6.45) is 3.06. The van der Waals surface area contributed by atoms with E-state index in [1.165, 1.54) is 12.1 Å². The fourth-order valence-corrected chi connectivity index (χ4v) is 2.10. The Bertz CT molecular complexity index is 357. The molecular formula is C13H17F2NO. The van der Waals surface area contributed by atoms with Crippen LogP contribution in [0.5, 0.6) is 0 Å². The van der Waals surface area contributed by atoms with Crippen LogP contribution in [0.4, 0.5) is 8.78 Å². The van der Waals surface area contributed by atoms with Crippen LogP contribution >= 0.6 is 0 Å². The zero-order valence-electron chi connectivity index (χ0n) is 9.88. The molecule has 0 aromatic heterocycles. The van der Waals surface area contributed by atoms with Crippen molar-refractivity contribution in [3.05, 3.63) is 35.4 Å². The van der Waals surface area contributed by atoms with Crippen molar-refractivity contribution in [2.45, 2.75) is 31.4 Å². The van der Waals surface area contributed by atoms with E-state index in [9.17, 15) is 8.78 Å². The van der Waals surface area contributed by atoms with E-state index >= 15 is 0 Å². The van der Waals surface area contributed by atoms with Crippen molar-refractivity contribution < 1.29 is 13.5 Å². The number of benzene rings is 1. The molecule has 1 N–H and O–H groups in total. The molecule has 0 radical (unpaired) electrons. The van der Waals surface area contributed by atoms with Gasteiger partial charge < -0.3 is 10.1 Å². The largest absolute Gasteiger partial charge is 0.381 e. The number of hydrogen-bond acceptors (Lipinski definition) is 2. The van der Waals surface area contributed by atoms with Crippen molar-refractivity contribution >= 4 is 0 Å².